The molecule has 0 atom stereocenters. The van der Waals surface area contributed by atoms with Crippen molar-refractivity contribution in [2.45, 2.75) is 26.7 Å². The molecule has 0 N–H and O–H groups in total. The molecule has 1 aromatic carbocycles. The average Bonchev–Trinajstić information content (AvgIpc) is 2.71. The molecule has 1 heterocycles. The number of aryl methyl sites for hydroxylation is 3. The zero-order valence-electron chi connectivity index (χ0n) is 9.67. The third kappa shape index (κ3) is 2.13. The molecule has 2 rings (SSSR count). The molecule has 1 aromatic heterocycles. The van der Waals surface area contributed by atoms with Gasteiger partial charge in [-0.1, -0.05) is 6.07 Å². The summed E-state index contributed by atoms with van der Waals surface area (Å²) in [5, 5.41) is 3.06. The van der Waals surface area contributed by atoms with Crippen LogP contribution in [0.1, 0.15) is 21.7 Å². The van der Waals surface area contributed by atoms with E-state index in [1.807, 2.05) is 0 Å². The number of rotatable bonds is 2. The summed E-state index contributed by atoms with van der Waals surface area (Å²) in [4.78, 5) is 4.52. The second-order valence-corrected chi connectivity index (χ2v) is 5.22. The number of thiazole rings is 1. The van der Waals surface area contributed by atoms with Gasteiger partial charge in [0.15, 0.2) is 0 Å². The van der Waals surface area contributed by atoms with Crippen LogP contribution in [0.2, 0.25) is 0 Å². The lowest BCUT2D eigenvalue weighted by atomic mass is 9.99. The smallest absolute Gasteiger partial charge is 0.108 e. The van der Waals surface area contributed by atoms with Gasteiger partial charge in [-0.05, 0) is 43.5 Å². The second kappa shape index (κ2) is 4.56. The Balaban J connectivity index is 2.51. The molecule has 0 radical (unpaired) electrons. The van der Waals surface area contributed by atoms with Crippen LogP contribution in [0, 0.1) is 20.8 Å². The van der Waals surface area contributed by atoms with Crippen LogP contribution >= 0.6 is 22.9 Å². The maximum Gasteiger partial charge on any atom is 0.108 e. The molecule has 0 spiro atoms. The van der Waals surface area contributed by atoms with E-state index in [0.717, 1.165) is 10.7 Å². The Kier molecular flexibility index (Phi) is 3.31. The van der Waals surface area contributed by atoms with Crippen LogP contribution in [-0.4, -0.2) is 4.98 Å². The van der Waals surface area contributed by atoms with E-state index < -0.39 is 0 Å². The fourth-order valence-electron chi connectivity index (χ4n) is 1.73. The summed E-state index contributed by atoms with van der Waals surface area (Å²) in [6.07, 6.45) is 0. The van der Waals surface area contributed by atoms with E-state index >= 15 is 0 Å². The molecule has 0 aliphatic rings. The molecule has 0 saturated heterocycles. The summed E-state index contributed by atoms with van der Waals surface area (Å²) in [6.45, 7) is 6.39. The molecule has 3 heteroatoms. The van der Waals surface area contributed by atoms with E-state index in [0.29, 0.717) is 5.88 Å². The van der Waals surface area contributed by atoms with Crippen LogP contribution in [0.3, 0.4) is 0 Å². The SMILES string of the molecule is Cc1cc(C)c(-c2csc(CCl)n2)cc1C. The maximum absolute atomic E-state index is 5.77. The largest absolute Gasteiger partial charge is 0.240 e. The lowest BCUT2D eigenvalue weighted by Gasteiger charge is -2.07. The molecule has 0 unspecified atom stereocenters. The predicted molar refractivity (Wildman–Crippen MR) is 71.3 cm³/mol. The highest BCUT2D eigenvalue weighted by Gasteiger charge is 2.08. The predicted octanol–water partition coefficient (Wildman–Crippen LogP) is 4.47. The van der Waals surface area contributed by atoms with Crippen molar-refractivity contribution in [2.24, 2.45) is 0 Å². The van der Waals surface area contributed by atoms with E-state index in [1.54, 1.807) is 11.3 Å². The molecular weight excluding hydrogens is 238 g/mol. The Labute approximate surface area is 105 Å². The van der Waals surface area contributed by atoms with Gasteiger partial charge in [0.1, 0.15) is 5.01 Å². The van der Waals surface area contributed by atoms with Crippen LogP contribution in [-0.2, 0) is 5.88 Å². The number of alkyl halides is 1. The van der Waals surface area contributed by atoms with Gasteiger partial charge in [0, 0.05) is 10.9 Å². The molecule has 0 bridgehead atoms. The Morgan fingerprint density at radius 3 is 2.44 bits per heavy atom. The van der Waals surface area contributed by atoms with Crippen LogP contribution in [0.15, 0.2) is 17.5 Å². The van der Waals surface area contributed by atoms with Gasteiger partial charge in [0.25, 0.3) is 0 Å². The second-order valence-electron chi connectivity index (χ2n) is 4.01. The van der Waals surface area contributed by atoms with Crippen molar-refractivity contribution in [2.75, 3.05) is 0 Å². The Bertz CT molecular complexity index is 517. The van der Waals surface area contributed by atoms with E-state index in [-0.39, 0.29) is 0 Å². The molecule has 0 fully saturated rings. The minimum absolute atomic E-state index is 0.495. The van der Waals surface area contributed by atoms with E-state index in [2.05, 4.69) is 43.3 Å². The summed E-state index contributed by atoms with van der Waals surface area (Å²) < 4.78 is 0. The van der Waals surface area contributed by atoms with E-state index in [4.69, 9.17) is 11.6 Å². The minimum atomic E-state index is 0.495. The molecule has 1 nitrogen and oxygen atoms in total. The lowest BCUT2D eigenvalue weighted by Crippen LogP contribution is -1.89. The fraction of sp³-hybridized carbons (Fsp3) is 0.308. The molecule has 16 heavy (non-hydrogen) atoms. The van der Waals surface area contributed by atoms with Crippen molar-refractivity contribution in [1.29, 1.82) is 0 Å². The van der Waals surface area contributed by atoms with Crippen LogP contribution < -0.4 is 0 Å². The van der Waals surface area contributed by atoms with Gasteiger partial charge in [0.2, 0.25) is 0 Å². The third-order valence-corrected chi connectivity index (χ3v) is 4.04. The Morgan fingerprint density at radius 1 is 1.12 bits per heavy atom. The maximum atomic E-state index is 5.77. The molecular formula is C13H14ClNS. The van der Waals surface area contributed by atoms with Gasteiger partial charge in [-0.3, -0.25) is 0 Å². The number of nitrogens with zero attached hydrogens (tertiary/aromatic N) is 1. The Hall–Kier alpha value is -0.860. The summed E-state index contributed by atoms with van der Waals surface area (Å²) in [5.41, 5.74) is 6.17. The normalized spacial score (nSPS) is 10.8. The third-order valence-electron chi connectivity index (χ3n) is 2.78. The number of hydrogen-bond donors (Lipinski definition) is 0. The quantitative estimate of drug-likeness (QED) is 0.718. The highest BCUT2D eigenvalue weighted by Crippen LogP contribution is 2.28. The van der Waals surface area contributed by atoms with Gasteiger partial charge in [-0.25, -0.2) is 4.98 Å². The lowest BCUT2D eigenvalue weighted by molar-refractivity contribution is 1.24. The minimum Gasteiger partial charge on any atom is -0.240 e. The first kappa shape index (κ1) is 11.6. The van der Waals surface area contributed by atoms with E-state index in [1.165, 1.54) is 22.3 Å². The molecule has 0 aliphatic heterocycles. The first-order valence-corrected chi connectivity index (χ1v) is 6.62. The highest BCUT2D eigenvalue weighted by atomic mass is 35.5. The summed E-state index contributed by atoms with van der Waals surface area (Å²) in [5.74, 6) is 0.495. The van der Waals surface area contributed by atoms with Crippen molar-refractivity contribution in [3.8, 4) is 11.3 Å². The number of halogens is 1. The van der Waals surface area contributed by atoms with Crippen molar-refractivity contribution in [3.63, 3.8) is 0 Å². The summed E-state index contributed by atoms with van der Waals surface area (Å²) >= 11 is 7.39. The monoisotopic (exact) mass is 251 g/mol. The zero-order valence-corrected chi connectivity index (χ0v) is 11.2. The number of benzene rings is 1. The van der Waals surface area contributed by atoms with Crippen molar-refractivity contribution in [3.05, 3.63) is 39.2 Å². The van der Waals surface area contributed by atoms with Crippen LogP contribution in [0.25, 0.3) is 11.3 Å². The van der Waals surface area contributed by atoms with Gasteiger partial charge >= 0.3 is 0 Å². The molecule has 84 valence electrons. The molecule has 0 amide bonds. The van der Waals surface area contributed by atoms with Crippen LogP contribution in [0.5, 0.6) is 0 Å². The number of aromatic nitrogens is 1. The van der Waals surface area contributed by atoms with Crippen LogP contribution in [0.4, 0.5) is 0 Å². The topological polar surface area (TPSA) is 12.9 Å². The molecule has 0 saturated carbocycles. The van der Waals surface area contributed by atoms with Crippen molar-refractivity contribution < 1.29 is 0 Å². The summed E-state index contributed by atoms with van der Waals surface area (Å²) in [7, 11) is 0. The standard InChI is InChI=1S/C13H14ClNS/c1-8-4-10(3)11(5-9(8)2)12-7-16-13(6-14)15-12/h4-5,7H,6H2,1-3H3. The first-order chi connectivity index (χ1) is 7.61. The van der Waals surface area contributed by atoms with Crippen molar-refractivity contribution in [1.82, 2.24) is 4.98 Å². The molecule has 2 aromatic rings. The highest BCUT2D eigenvalue weighted by molar-refractivity contribution is 7.10. The Morgan fingerprint density at radius 2 is 1.81 bits per heavy atom. The van der Waals surface area contributed by atoms with Crippen molar-refractivity contribution >= 4 is 22.9 Å². The number of hydrogen-bond acceptors (Lipinski definition) is 2. The summed E-state index contributed by atoms with van der Waals surface area (Å²) in [6, 6.07) is 4.42. The fourth-order valence-corrected chi connectivity index (χ4v) is 2.62. The zero-order chi connectivity index (χ0) is 11.7. The van der Waals surface area contributed by atoms with Gasteiger partial charge < -0.3 is 0 Å². The van der Waals surface area contributed by atoms with Gasteiger partial charge in [-0.15, -0.1) is 22.9 Å². The van der Waals surface area contributed by atoms with Gasteiger partial charge in [-0.2, -0.15) is 0 Å². The molecule has 0 aliphatic carbocycles. The first-order valence-electron chi connectivity index (χ1n) is 5.20. The van der Waals surface area contributed by atoms with E-state index in [9.17, 15) is 0 Å². The average molecular weight is 252 g/mol. The van der Waals surface area contributed by atoms with Gasteiger partial charge in [0.05, 0.1) is 11.6 Å².